The number of rotatable bonds is 2. The van der Waals surface area contributed by atoms with Gasteiger partial charge < -0.3 is 4.57 Å². The standard InChI is InChI=1S/C40H29N/c1-41-37-21-19-25(39-31-15-4-2-3-11-27(31)28-12-5-8-16-32(28)39)23-35(37)36-24-26(20-22-38(36)41)40-33-17-9-6-13-29(33)30-14-7-10-18-34(30)40/h3,5-14,16-18,20,22-24,39-40H,2,19,21H2,1H3. The minimum Gasteiger partial charge on any atom is -0.347 e. The highest BCUT2D eigenvalue weighted by atomic mass is 14.9. The van der Waals surface area contributed by atoms with Gasteiger partial charge in [0.1, 0.15) is 0 Å². The number of allylic oxidation sites excluding steroid dienone is 5. The lowest BCUT2D eigenvalue weighted by Gasteiger charge is -2.22. The first kappa shape index (κ1) is 23.0. The van der Waals surface area contributed by atoms with Crippen LogP contribution in [0, 0.1) is 11.8 Å². The van der Waals surface area contributed by atoms with E-state index in [2.05, 4.69) is 133 Å². The van der Waals surface area contributed by atoms with Crippen molar-refractivity contribution >= 4 is 22.6 Å². The van der Waals surface area contributed by atoms with Gasteiger partial charge >= 0.3 is 0 Å². The molecule has 4 aliphatic rings. The summed E-state index contributed by atoms with van der Waals surface area (Å²) in [5.74, 6) is 7.50. The van der Waals surface area contributed by atoms with Gasteiger partial charge in [-0.2, -0.15) is 0 Å². The maximum atomic E-state index is 3.59. The molecule has 0 saturated carbocycles. The monoisotopic (exact) mass is 523 g/mol. The van der Waals surface area contributed by atoms with Gasteiger partial charge in [-0.25, -0.2) is 0 Å². The molecule has 194 valence electrons. The van der Waals surface area contributed by atoms with Crippen molar-refractivity contribution in [3.05, 3.63) is 153 Å². The van der Waals surface area contributed by atoms with Crippen LogP contribution >= 0.6 is 0 Å². The molecule has 1 unspecified atom stereocenters. The molecule has 0 amide bonds. The molecule has 9 rings (SSSR count). The van der Waals surface area contributed by atoms with Crippen LogP contribution in [0.4, 0.5) is 0 Å². The molecule has 4 aliphatic carbocycles. The first-order valence-corrected chi connectivity index (χ1v) is 14.8. The molecule has 5 aromatic rings. The second kappa shape index (κ2) is 8.60. The molecule has 0 saturated heterocycles. The molecule has 0 fully saturated rings. The highest BCUT2D eigenvalue weighted by Crippen LogP contribution is 2.51. The predicted octanol–water partition coefficient (Wildman–Crippen LogP) is 9.18. The summed E-state index contributed by atoms with van der Waals surface area (Å²) >= 11 is 0. The van der Waals surface area contributed by atoms with Crippen molar-refractivity contribution in [2.45, 2.75) is 31.1 Å². The van der Waals surface area contributed by atoms with Crippen LogP contribution in [0.1, 0.15) is 63.8 Å². The number of benzene rings is 4. The minimum absolute atomic E-state index is 0.247. The number of aryl methyl sites for hydroxylation is 1. The Balaban J connectivity index is 1.22. The van der Waals surface area contributed by atoms with E-state index >= 15 is 0 Å². The Labute approximate surface area is 241 Å². The van der Waals surface area contributed by atoms with E-state index < -0.39 is 0 Å². The van der Waals surface area contributed by atoms with Crippen molar-refractivity contribution in [3.63, 3.8) is 0 Å². The van der Waals surface area contributed by atoms with E-state index in [-0.39, 0.29) is 11.8 Å². The Morgan fingerprint density at radius 1 is 0.732 bits per heavy atom. The highest BCUT2D eigenvalue weighted by Gasteiger charge is 2.34. The van der Waals surface area contributed by atoms with Crippen LogP contribution in [0.3, 0.4) is 0 Å². The molecule has 0 radical (unpaired) electrons. The number of aromatic nitrogens is 1. The fourth-order valence-electron chi connectivity index (χ4n) is 7.99. The summed E-state index contributed by atoms with van der Waals surface area (Å²) in [7, 11) is 2.24. The predicted molar refractivity (Wildman–Crippen MR) is 170 cm³/mol. The highest BCUT2D eigenvalue weighted by molar-refractivity contribution is 5.95. The van der Waals surface area contributed by atoms with Gasteiger partial charge in [-0.05, 0) is 69.5 Å². The average Bonchev–Trinajstić information content (AvgIpc) is 3.53. The van der Waals surface area contributed by atoms with E-state index in [1.807, 2.05) is 0 Å². The summed E-state index contributed by atoms with van der Waals surface area (Å²) in [6.45, 7) is 0. The van der Waals surface area contributed by atoms with Crippen LogP contribution < -0.4 is 0 Å². The Hall–Kier alpha value is -4.80. The third-order valence-electron chi connectivity index (χ3n) is 9.77. The third kappa shape index (κ3) is 3.19. The third-order valence-corrected chi connectivity index (χ3v) is 9.77. The van der Waals surface area contributed by atoms with Crippen molar-refractivity contribution in [1.82, 2.24) is 4.57 Å². The maximum Gasteiger partial charge on any atom is 0.0486 e. The van der Waals surface area contributed by atoms with Gasteiger partial charge in [0.25, 0.3) is 0 Å². The fraction of sp³-hybridized carbons (Fsp3) is 0.150. The Morgan fingerprint density at radius 3 is 2.17 bits per heavy atom. The Bertz CT molecular complexity index is 2050. The first-order chi connectivity index (χ1) is 20.3. The van der Waals surface area contributed by atoms with Crippen LogP contribution in [0.5, 0.6) is 0 Å². The zero-order valence-corrected chi connectivity index (χ0v) is 23.1. The van der Waals surface area contributed by atoms with E-state index in [0.717, 1.165) is 19.3 Å². The van der Waals surface area contributed by atoms with Crippen molar-refractivity contribution in [3.8, 4) is 23.0 Å². The van der Waals surface area contributed by atoms with E-state index in [9.17, 15) is 0 Å². The molecule has 4 aromatic carbocycles. The molecule has 0 spiro atoms. The topological polar surface area (TPSA) is 4.93 Å². The molecule has 1 aromatic heterocycles. The summed E-state index contributed by atoms with van der Waals surface area (Å²) in [6.07, 6.45) is 9.97. The number of hydrogen-bond donors (Lipinski definition) is 0. The van der Waals surface area contributed by atoms with Crippen LogP contribution in [0.25, 0.3) is 33.7 Å². The molecular weight excluding hydrogens is 494 g/mol. The van der Waals surface area contributed by atoms with E-state index in [0.29, 0.717) is 0 Å². The molecule has 1 heteroatoms. The molecule has 1 heterocycles. The second-order valence-corrected chi connectivity index (χ2v) is 11.8. The van der Waals surface area contributed by atoms with E-state index in [4.69, 9.17) is 0 Å². The minimum atomic E-state index is 0.247. The zero-order chi connectivity index (χ0) is 27.1. The van der Waals surface area contributed by atoms with Gasteiger partial charge in [-0.3, -0.25) is 0 Å². The lowest BCUT2D eigenvalue weighted by Crippen LogP contribution is -2.09. The SMILES string of the molecule is Cn1c2c(c3cc(C4c5ccccc5-c5ccccc54)ccc31)C=C(C1C3=C(C=CCC#C3)c3ccccc31)CC2. The van der Waals surface area contributed by atoms with E-state index in [1.165, 1.54) is 77.8 Å². The molecular formula is C40H29N. The van der Waals surface area contributed by atoms with Crippen molar-refractivity contribution < 1.29 is 0 Å². The largest absolute Gasteiger partial charge is 0.347 e. The zero-order valence-electron chi connectivity index (χ0n) is 23.1. The van der Waals surface area contributed by atoms with Crippen LogP contribution in [0.15, 0.2) is 114 Å². The molecule has 1 atom stereocenters. The number of nitrogens with zero attached hydrogens (tertiary/aromatic N) is 1. The maximum absolute atomic E-state index is 3.59. The molecule has 0 bridgehead atoms. The van der Waals surface area contributed by atoms with Crippen molar-refractivity contribution in [2.75, 3.05) is 0 Å². The van der Waals surface area contributed by atoms with Gasteiger partial charge in [0.2, 0.25) is 0 Å². The molecule has 0 N–H and O–H groups in total. The van der Waals surface area contributed by atoms with Crippen molar-refractivity contribution in [1.29, 1.82) is 0 Å². The van der Waals surface area contributed by atoms with Gasteiger partial charge in [0.05, 0.1) is 0 Å². The average molecular weight is 524 g/mol. The van der Waals surface area contributed by atoms with Crippen LogP contribution in [-0.4, -0.2) is 4.57 Å². The lowest BCUT2D eigenvalue weighted by atomic mass is 9.81. The van der Waals surface area contributed by atoms with E-state index in [1.54, 1.807) is 0 Å². The molecule has 1 nitrogen and oxygen atoms in total. The smallest absolute Gasteiger partial charge is 0.0486 e. The summed E-state index contributed by atoms with van der Waals surface area (Å²) < 4.78 is 2.43. The molecule has 41 heavy (non-hydrogen) atoms. The normalized spacial score (nSPS) is 18.2. The number of fused-ring (bicyclic) bond motifs is 8. The quantitative estimate of drug-likeness (QED) is 0.199. The summed E-state index contributed by atoms with van der Waals surface area (Å²) in [4.78, 5) is 0. The Morgan fingerprint density at radius 2 is 1.41 bits per heavy atom. The fourth-order valence-corrected chi connectivity index (χ4v) is 7.99. The molecule has 0 aliphatic heterocycles. The summed E-state index contributed by atoms with van der Waals surface area (Å²) in [5, 5.41) is 1.37. The summed E-state index contributed by atoms with van der Waals surface area (Å²) in [5.41, 5.74) is 18.0. The second-order valence-electron chi connectivity index (χ2n) is 11.8. The van der Waals surface area contributed by atoms with Gasteiger partial charge in [-0.1, -0.05) is 115 Å². The van der Waals surface area contributed by atoms with Gasteiger partial charge in [-0.15, -0.1) is 0 Å². The van der Waals surface area contributed by atoms with Crippen molar-refractivity contribution in [2.24, 2.45) is 7.05 Å². The Kier molecular flexibility index (Phi) is 4.81. The lowest BCUT2D eigenvalue weighted by molar-refractivity contribution is 0.771. The van der Waals surface area contributed by atoms with Crippen LogP contribution in [0.2, 0.25) is 0 Å². The summed E-state index contributed by atoms with van der Waals surface area (Å²) in [6, 6.07) is 34.0. The van der Waals surface area contributed by atoms with Crippen LogP contribution in [-0.2, 0) is 13.5 Å². The van der Waals surface area contributed by atoms with Gasteiger partial charge in [0.15, 0.2) is 0 Å². The number of hydrogen-bond acceptors (Lipinski definition) is 0. The first-order valence-electron chi connectivity index (χ1n) is 14.8. The van der Waals surface area contributed by atoms with Gasteiger partial charge in [0, 0.05) is 53.0 Å².